The molecular weight excluding hydrogens is 512 g/mol. The number of alkyl halides is 1. The molecule has 2 aromatic rings. The van der Waals surface area contributed by atoms with E-state index in [1.165, 1.54) is 24.3 Å². The number of quaternary nitrogens is 1. The Balaban J connectivity index is 0.00000298. The number of benzene rings is 2. The zero-order valence-corrected chi connectivity index (χ0v) is 22.4. The minimum Gasteiger partial charge on any atom is -0.452 e. The van der Waals surface area contributed by atoms with E-state index in [0.29, 0.717) is 24.2 Å². The van der Waals surface area contributed by atoms with Crippen molar-refractivity contribution in [2.45, 2.75) is 32.8 Å². The zero-order chi connectivity index (χ0) is 26.2. The second kappa shape index (κ2) is 17.0. The molecule has 1 atom stereocenters. The van der Waals surface area contributed by atoms with Crippen molar-refractivity contribution in [3.8, 4) is 0 Å². The van der Waals surface area contributed by atoms with Crippen molar-refractivity contribution < 1.29 is 23.6 Å². The average molecular weight is 550 g/mol. The van der Waals surface area contributed by atoms with E-state index in [9.17, 15) is 13.6 Å². The summed E-state index contributed by atoms with van der Waals surface area (Å²) in [5.41, 5.74) is 1.94. The lowest BCUT2D eigenvalue weighted by Crippen LogP contribution is -2.86. The minimum absolute atomic E-state index is 0.130. The van der Waals surface area contributed by atoms with Gasteiger partial charge in [-0.3, -0.25) is 4.79 Å². The van der Waals surface area contributed by atoms with E-state index < -0.39 is 17.7 Å². The Bertz CT molecular complexity index is 927. The lowest BCUT2D eigenvalue weighted by molar-refractivity contribution is -0.652. The molecule has 0 saturated heterocycles. The van der Waals surface area contributed by atoms with E-state index in [4.69, 9.17) is 4.74 Å². The molecule has 2 N–H and O–H groups in total. The normalized spacial score (nSPS) is 12.1. The summed E-state index contributed by atoms with van der Waals surface area (Å²) in [5.74, 6) is 0.324. The number of ether oxygens (including phenoxy) is 1. The van der Waals surface area contributed by atoms with Crippen LogP contribution in [0.15, 0.2) is 85.5 Å². The monoisotopic (exact) mass is 548 g/mol. The van der Waals surface area contributed by atoms with Crippen molar-refractivity contribution in [2.75, 3.05) is 18.9 Å². The molecule has 0 aliphatic rings. The van der Waals surface area contributed by atoms with E-state index in [2.05, 4.69) is 48.3 Å². The number of hydrogen-bond acceptors (Lipinski definition) is 2. The number of rotatable bonds is 13. The van der Waals surface area contributed by atoms with Crippen LogP contribution >= 0.6 is 15.9 Å². The van der Waals surface area contributed by atoms with Crippen molar-refractivity contribution in [2.24, 2.45) is 11.8 Å². The maximum absolute atomic E-state index is 14.0. The van der Waals surface area contributed by atoms with Crippen molar-refractivity contribution in [3.63, 3.8) is 0 Å². The Morgan fingerprint density at radius 2 is 1.57 bits per heavy atom. The zero-order valence-electron chi connectivity index (χ0n) is 20.9. The predicted octanol–water partition coefficient (Wildman–Crippen LogP) is 6.52. The number of halogens is 3. The van der Waals surface area contributed by atoms with Gasteiger partial charge >= 0.3 is 5.97 Å². The third kappa shape index (κ3) is 9.90. The number of carbonyl (C=O) groups excluding carboxylic acids is 1. The van der Waals surface area contributed by atoms with Gasteiger partial charge < -0.3 is 10.1 Å². The van der Waals surface area contributed by atoms with Gasteiger partial charge in [0.05, 0.1) is 6.54 Å². The van der Waals surface area contributed by atoms with Crippen LogP contribution in [0.25, 0.3) is 0 Å². The van der Waals surface area contributed by atoms with Gasteiger partial charge in [-0.2, -0.15) is 0 Å². The van der Waals surface area contributed by atoms with Crippen LogP contribution in [-0.2, 0) is 9.53 Å². The molecular formula is C29H37BrF2NO2+. The molecule has 0 saturated carbocycles. The van der Waals surface area contributed by atoms with Gasteiger partial charge in [0.15, 0.2) is 6.10 Å². The van der Waals surface area contributed by atoms with Gasteiger partial charge in [0.25, 0.3) is 0 Å². The summed E-state index contributed by atoms with van der Waals surface area (Å²) >= 11 is 2.94. The summed E-state index contributed by atoms with van der Waals surface area (Å²) in [7, 11) is 0. The molecule has 0 aromatic heterocycles. The molecule has 0 amide bonds. The first kappa shape index (κ1) is 30.5. The van der Waals surface area contributed by atoms with Crippen molar-refractivity contribution >= 4 is 21.9 Å². The van der Waals surface area contributed by atoms with Crippen LogP contribution in [0.4, 0.5) is 8.78 Å². The molecule has 0 heterocycles. The van der Waals surface area contributed by atoms with E-state index in [-0.39, 0.29) is 17.8 Å². The molecule has 0 radical (unpaired) electrons. The molecule has 2 rings (SSSR count). The number of nitrogens with two attached hydrogens (primary N) is 1. The van der Waals surface area contributed by atoms with E-state index in [1.807, 2.05) is 11.9 Å². The fourth-order valence-electron chi connectivity index (χ4n) is 4.01. The highest BCUT2D eigenvalue weighted by Crippen LogP contribution is 2.30. The number of allylic oxidation sites excluding steroid dienone is 2. The molecule has 0 aliphatic carbocycles. The summed E-state index contributed by atoms with van der Waals surface area (Å²) in [6.45, 7) is 12.8. The van der Waals surface area contributed by atoms with Crippen molar-refractivity contribution in [3.05, 3.63) is 108 Å². The van der Waals surface area contributed by atoms with Crippen molar-refractivity contribution in [1.82, 2.24) is 0 Å². The van der Waals surface area contributed by atoms with Crippen LogP contribution in [-0.4, -0.2) is 24.9 Å². The SMILES string of the molecule is C=C/C=C(\C=C)C[NH2+]CC(C(=O)OC(c1cccc(F)c1)c1cccc(F)c1)C(CC)CC.CBr. The Hall–Kier alpha value is -2.57. The van der Waals surface area contributed by atoms with Gasteiger partial charge in [0.1, 0.15) is 24.1 Å². The Labute approximate surface area is 217 Å². The van der Waals surface area contributed by atoms with Crippen LogP contribution in [0.2, 0.25) is 0 Å². The van der Waals surface area contributed by atoms with Crippen LogP contribution in [0.3, 0.4) is 0 Å². The number of hydrogen-bond donors (Lipinski definition) is 1. The summed E-state index contributed by atoms with van der Waals surface area (Å²) in [6, 6.07) is 11.8. The standard InChI is InChI=1S/C28H33F2NO2.CH3Br/c1-5-11-20(6-2)18-31-19-26(21(7-3)8-4)28(32)33-27(22-12-9-14-24(29)16-22)23-13-10-15-25(30)17-23;1-2/h5-6,9-17,21,26-27,31H,1-2,7-8,18-19H2,3-4H3;1H3/p+1/b20-11+;. The third-order valence-electron chi connectivity index (χ3n) is 5.85. The molecule has 35 heavy (non-hydrogen) atoms. The molecule has 0 spiro atoms. The Morgan fingerprint density at radius 1 is 1.03 bits per heavy atom. The van der Waals surface area contributed by atoms with Gasteiger partial charge in [-0.1, -0.05) is 98.3 Å². The van der Waals surface area contributed by atoms with Crippen molar-refractivity contribution in [1.29, 1.82) is 0 Å². The highest BCUT2D eigenvalue weighted by molar-refractivity contribution is 9.08. The maximum atomic E-state index is 14.0. The maximum Gasteiger partial charge on any atom is 0.315 e. The van der Waals surface area contributed by atoms with E-state index >= 15 is 0 Å². The summed E-state index contributed by atoms with van der Waals surface area (Å²) in [6.07, 6.45) is 6.12. The van der Waals surface area contributed by atoms with Crippen LogP contribution in [0.1, 0.15) is 43.9 Å². The van der Waals surface area contributed by atoms with Gasteiger partial charge in [-0.05, 0) is 47.1 Å². The molecule has 190 valence electrons. The van der Waals surface area contributed by atoms with E-state index in [0.717, 1.165) is 18.4 Å². The lowest BCUT2D eigenvalue weighted by atomic mass is 9.87. The first-order chi connectivity index (χ1) is 16.9. The van der Waals surface area contributed by atoms with E-state index in [1.54, 1.807) is 36.4 Å². The number of esters is 1. The Kier molecular flexibility index (Phi) is 14.8. The predicted molar refractivity (Wildman–Crippen MR) is 143 cm³/mol. The van der Waals surface area contributed by atoms with Gasteiger partial charge in [-0.15, -0.1) is 0 Å². The highest BCUT2D eigenvalue weighted by Gasteiger charge is 2.32. The quantitative estimate of drug-likeness (QED) is 0.176. The summed E-state index contributed by atoms with van der Waals surface area (Å²) in [5, 5.41) is 2.06. The van der Waals surface area contributed by atoms with Crippen LogP contribution in [0.5, 0.6) is 0 Å². The molecule has 6 heteroatoms. The second-order valence-corrected chi connectivity index (χ2v) is 8.02. The highest BCUT2D eigenvalue weighted by atomic mass is 79.9. The second-order valence-electron chi connectivity index (χ2n) is 8.02. The smallest absolute Gasteiger partial charge is 0.315 e. The number of carbonyl (C=O) groups is 1. The first-order valence-electron chi connectivity index (χ1n) is 11.8. The van der Waals surface area contributed by atoms with Gasteiger partial charge in [0, 0.05) is 5.57 Å². The molecule has 0 aliphatic heterocycles. The first-order valence-corrected chi connectivity index (χ1v) is 13.4. The summed E-state index contributed by atoms with van der Waals surface area (Å²) < 4.78 is 33.9. The fraction of sp³-hybridized carbons (Fsp3) is 0.345. The van der Waals surface area contributed by atoms with Crippen LogP contribution in [0, 0.1) is 23.5 Å². The topological polar surface area (TPSA) is 42.9 Å². The molecule has 1 unspecified atom stereocenters. The lowest BCUT2D eigenvalue weighted by Gasteiger charge is -2.26. The van der Waals surface area contributed by atoms with Gasteiger partial charge in [0.2, 0.25) is 0 Å². The fourth-order valence-corrected chi connectivity index (χ4v) is 4.01. The molecule has 2 aromatic carbocycles. The summed E-state index contributed by atoms with van der Waals surface area (Å²) in [4.78, 5) is 13.4. The largest absolute Gasteiger partial charge is 0.452 e. The third-order valence-corrected chi connectivity index (χ3v) is 5.85. The Morgan fingerprint density at radius 3 is 2.00 bits per heavy atom. The molecule has 0 fully saturated rings. The average Bonchev–Trinajstić information content (AvgIpc) is 2.87. The molecule has 0 bridgehead atoms. The molecule has 3 nitrogen and oxygen atoms in total. The van der Waals surface area contributed by atoms with Crippen LogP contribution < -0.4 is 5.32 Å². The minimum atomic E-state index is -0.898. The van der Waals surface area contributed by atoms with Gasteiger partial charge in [-0.25, -0.2) is 8.78 Å².